The molecule has 0 aromatic heterocycles. The second-order valence-electron chi connectivity index (χ2n) is 6.94. The predicted octanol–water partition coefficient (Wildman–Crippen LogP) is 3.89. The lowest BCUT2D eigenvalue weighted by molar-refractivity contribution is -0.139. The van der Waals surface area contributed by atoms with Crippen LogP contribution in [0.1, 0.15) is 13.8 Å². The molecule has 2 aromatic rings. The number of benzene rings is 2. The first-order chi connectivity index (χ1) is 15.8. The molecule has 174 valence electrons. The molecule has 8 nitrogen and oxygen atoms in total. The highest BCUT2D eigenvalue weighted by Crippen LogP contribution is 2.33. The fraction of sp³-hybridized carbons (Fsp3) is 0.240. The molecule has 0 spiro atoms. The Hall–Kier alpha value is -4.07. The standard InChI is InChI=1S/C25H26O8/c1-17(2)24(27)32-14-13-31-23-15-20(7-10-22(23)30-12-11-29-16-26)19-5-8-21(9-6-19)33-25(28)18(3)4/h5-10,15-16H,1,3,11-14H2,2,4H3. The molecular weight excluding hydrogens is 428 g/mol. The van der Waals surface area contributed by atoms with Crippen molar-refractivity contribution in [1.29, 1.82) is 0 Å². The molecule has 0 fully saturated rings. The highest BCUT2D eigenvalue weighted by Gasteiger charge is 2.11. The average molecular weight is 454 g/mol. The van der Waals surface area contributed by atoms with Crippen LogP contribution in [0.15, 0.2) is 66.8 Å². The van der Waals surface area contributed by atoms with Crippen LogP contribution in [-0.2, 0) is 23.9 Å². The van der Waals surface area contributed by atoms with Crippen molar-refractivity contribution >= 4 is 18.4 Å². The lowest BCUT2D eigenvalue weighted by Gasteiger charge is -2.15. The third-order valence-electron chi connectivity index (χ3n) is 4.14. The molecular formula is C25H26O8. The van der Waals surface area contributed by atoms with Gasteiger partial charge in [-0.1, -0.05) is 31.4 Å². The Labute approximate surface area is 192 Å². The molecule has 0 unspecified atom stereocenters. The maximum Gasteiger partial charge on any atom is 0.338 e. The van der Waals surface area contributed by atoms with Crippen molar-refractivity contribution in [3.05, 3.63) is 66.8 Å². The first kappa shape index (κ1) is 25.2. The Balaban J connectivity index is 2.14. The van der Waals surface area contributed by atoms with Crippen LogP contribution in [0.25, 0.3) is 11.1 Å². The maximum atomic E-state index is 11.7. The Kier molecular flexibility index (Phi) is 9.70. The van der Waals surface area contributed by atoms with Gasteiger partial charge in [0, 0.05) is 11.1 Å². The van der Waals surface area contributed by atoms with E-state index >= 15 is 0 Å². The minimum atomic E-state index is -0.498. The van der Waals surface area contributed by atoms with E-state index in [9.17, 15) is 14.4 Å². The van der Waals surface area contributed by atoms with Gasteiger partial charge in [0.1, 0.15) is 32.2 Å². The van der Waals surface area contributed by atoms with E-state index in [1.165, 1.54) is 0 Å². The lowest BCUT2D eigenvalue weighted by Crippen LogP contribution is -2.13. The van der Waals surface area contributed by atoms with Crippen LogP contribution in [0.5, 0.6) is 17.2 Å². The molecule has 0 radical (unpaired) electrons. The first-order valence-electron chi connectivity index (χ1n) is 10.1. The van der Waals surface area contributed by atoms with Crippen LogP contribution in [-0.4, -0.2) is 44.8 Å². The van der Waals surface area contributed by atoms with E-state index in [0.717, 1.165) is 11.1 Å². The molecule has 0 saturated heterocycles. The summed E-state index contributed by atoms with van der Waals surface area (Å²) < 4.78 is 26.3. The second kappa shape index (κ2) is 12.7. The summed E-state index contributed by atoms with van der Waals surface area (Å²) in [5.41, 5.74) is 2.27. The zero-order valence-corrected chi connectivity index (χ0v) is 18.6. The molecule has 2 rings (SSSR count). The summed E-state index contributed by atoms with van der Waals surface area (Å²) >= 11 is 0. The number of esters is 2. The predicted molar refractivity (Wildman–Crippen MR) is 121 cm³/mol. The molecule has 0 bridgehead atoms. The number of hydrogen-bond donors (Lipinski definition) is 0. The van der Waals surface area contributed by atoms with Crippen LogP contribution >= 0.6 is 0 Å². The van der Waals surface area contributed by atoms with E-state index in [1.807, 2.05) is 6.07 Å². The summed E-state index contributed by atoms with van der Waals surface area (Å²) in [5.74, 6) is 0.264. The van der Waals surface area contributed by atoms with E-state index in [4.69, 9.17) is 18.9 Å². The second-order valence-corrected chi connectivity index (χ2v) is 6.94. The van der Waals surface area contributed by atoms with Crippen molar-refractivity contribution in [2.24, 2.45) is 0 Å². The lowest BCUT2D eigenvalue weighted by atomic mass is 10.0. The van der Waals surface area contributed by atoms with Crippen molar-refractivity contribution in [1.82, 2.24) is 0 Å². The van der Waals surface area contributed by atoms with Crippen molar-refractivity contribution in [3.8, 4) is 28.4 Å². The number of ether oxygens (including phenoxy) is 5. The van der Waals surface area contributed by atoms with Crippen molar-refractivity contribution in [2.75, 3.05) is 26.4 Å². The van der Waals surface area contributed by atoms with E-state index in [0.29, 0.717) is 34.9 Å². The van der Waals surface area contributed by atoms with Gasteiger partial charge in [-0.25, -0.2) is 9.59 Å². The van der Waals surface area contributed by atoms with Crippen molar-refractivity contribution in [3.63, 3.8) is 0 Å². The molecule has 0 heterocycles. The zero-order valence-electron chi connectivity index (χ0n) is 18.6. The van der Waals surface area contributed by atoms with Gasteiger partial charge in [0.2, 0.25) is 0 Å². The van der Waals surface area contributed by atoms with Gasteiger partial charge < -0.3 is 23.7 Å². The van der Waals surface area contributed by atoms with E-state index in [2.05, 4.69) is 17.9 Å². The summed E-state index contributed by atoms with van der Waals surface area (Å²) in [6, 6.07) is 12.3. The molecule has 0 N–H and O–H groups in total. The monoisotopic (exact) mass is 454 g/mol. The molecule has 0 aliphatic carbocycles. The van der Waals surface area contributed by atoms with Crippen molar-refractivity contribution < 1.29 is 38.1 Å². The first-order valence-corrected chi connectivity index (χ1v) is 10.1. The number of carbonyl (C=O) groups is 3. The number of carbonyl (C=O) groups excluding carboxylic acids is 3. The zero-order chi connectivity index (χ0) is 24.2. The Bertz CT molecular complexity index is 1010. The molecule has 2 aromatic carbocycles. The maximum absolute atomic E-state index is 11.7. The molecule has 0 saturated carbocycles. The summed E-state index contributed by atoms with van der Waals surface area (Å²) in [6.45, 7) is 10.9. The third-order valence-corrected chi connectivity index (χ3v) is 4.14. The SMILES string of the molecule is C=C(C)C(=O)OCCOc1cc(-c2ccc(OC(=O)C(=C)C)cc2)ccc1OCCOC=O. The Morgan fingerprint density at radius 1 is 0.788 bits per heavy atom. The van der Waals surface area contributed by atoms with Gasteiger partial charge in [-0.2, -0.15) is 0 Å². The third kappa shape index (κ3) is 8.17. The van der Waals surface area contributed by atoms with Crippen LogP contribution in [0.3, 0.4) is 0 Å². The molecule has 33 heavy (non-hydrogen) atoms. The van der Waals surface area contributed by atoms with Gasteiger partial charge in [0.05, 0.1) is 0 Å². The normalized spacial score (nSPS) is 10.0. The number of rotatable bonds is 13. The van der Waals surface area contributed by atoms with Gasteiger partial charge in [-0.15, -0.1) is 0 Å². The highest BCUT2D eigenvalue weighted by atomic mass is 16.6. The summed E-state index contributed by atoms with van der Waals surface area (Å²) in [5, 5.41) is 0. The van der Waals surface area contributed by atoms with Crippen LogP contribution in [0.2, 0.25) is 0 Å². The van der Waals surface area contributed by atoms with Gasteiger partial charge in [-0.05, 0) is 49.2 Å². The van der Waals surface area contributed by atoms with Crippen LogP contribution in [0, 0.1) is 0 Å². The summed E-state index contributed by atoms with van der Waals surface area (Å²) in [4.78, 5) is 33.5. The van der Waals surface area contributed by atoms with Gasteiger partial charge in [0.25, 0.3) is 6.47 Å². The Morgan fingerprint density at radius 3 is 2.03 bits per heavy atom. The van der Waals surface area contributed by atoms with E-state index in [1.54, 1.807) is 50.2 Å². The largest absolute Gasteiger partial charge is 0.486 e. The number of hydrogen-bond acceptors (Lipinski definition) is 8. The van der Waals surface area contributed by atoms with Gasteiger partial charge in [-0.3, -0.25) is 4.79 Å². The van der Waals surface area contributed by atoms with E-state index in [-0.39, 0.29) is 26.4 Å². The molecule has 0 aliphatic rings. The summed E-state index contributed by atoms with van der Waals surface area (Å²) in [7, 11) is 0. The molecule has 0 aliphatic heterocycles. The molecule has 8 heteroatoms. The van der Waals surface area contributed by atoms with Crippen molar-refractivity contribution in [2.45, 2.75) is 13.8 Å². The quantitative estimate of drug-likeness (QED) is 0.148. The molecule has 0 amide bonds. The highest BCUT2D eigenvalue weighted by molar-refractivity contribution is 5.89. The summed E-state index contributed by atoms with van der Waals surface area (Å²) in [6.07, 6.45) is 0. The molecule has 0 atom stereocenters. The minimum absolute atomic E-state index is 0.0341. The Morgan fingerprint density at radius 2 is 1.39 bits per heavy atom. The van der Waals surface area contributed by atoms with Crippen LogP contribution < -0.4 is 14.2 Å². The van der Waals surface area contributed by atoms with Gasteiger partial charge >= 0.3 is 11.9 Å². The van der Waals surface area contributed by atoms with E-state index < -0.39 is 11.9 Å². The topological polar surface area (TPSA) is 97.4 Å². The smallest absolute Gasteiger partial charge is 0.338 e. The minimum Gasteiger partial charge on any atom is -0.486 e. The van der Waals surface area contributed by atoms with Crippen LogP contribution in [0.4, 0.5) is 0 Å². The van der Waals surface area contributed by atoms with Gasteiger partial charge in [0.15, 0.2) is 11.5 Å². The fourth-order valence-corrected chi connectivity index (χ4v) is 2.49. The fourth-order valence-electron chi connectivity index (χ4n) is 2.49. The average Bonchev–Trinajstić information content (AvgIpc) is 2.80.